The van der Waals surface area contributed by atoms with Crippen molar-refractivity contribution in [1.82, 2.24) is 0 Å². The molecule has 0 spiro atoms. The normalized spacial score (nSPS) is 14.9. The predicted molar refractivity (Wildman–Crippen MR) is 58.4 cm³/mol. The molecule has 1 rings (SSSR count). The number of aryl methyl sites for hydroxylation is 1. The van der Waals surface area contributed by atoms with Crippen LogP contribution in [0.5, 0.6) is 0 Å². The SMILES string of the molecule is Cc1ccccc1C(CCO)OC(C)O. The number of benzene rings is 1. The summed E-state index contributed by atoms with van der Waals surface area (Å²) in [6, 6.07) is 7.83. The van der Waals surface area contributed by atoms with Crippen LogP contribution in [0.1, 0.15) is 30.6 Å². The molecule has 1 aromatic carbocycles. The van der Waals surface area contributed by atoms with E-state index in [-0.39, 0.29) is 12.7 Å². The first-order valence-electron chi connectivity index (χ1n) is 5.15. The van der Waals surface area contributed by atoms with Crippen molar-refractivity contribution in [3.63, 3.8) is 0 Å². The Morgan fingerprint density at radius 3 is 2.53 bits per heavy atom. The minimum Gasteiger partial charge on any atom is -0.396 e. The average Bonchev–Trinajstić information content (AvgIpc) is 2.17. The fraction of sp³-hybridized carbons (Fsp3) is 0.500. The molecule has 84 valence electrons. The lowest BCUT2D eigenvalue weighted by Crippen LogP contribution is -2.15. The van der Waals surface area contributed by atoms with Gasteiger partial charge in [0.25, 0.3) is 0 Å². The number of aliphatic hydroxyl groups excluding tert-OH is 2. The summed E-state index contributed by atoms with van der Waals surface area (Å²) in [5.74, 6) is 0. The van der Waals surface area contributed by atoms with Gasteiger partial charge in [0.2, 0.25) is 0 Å². The fourth-order valence-corrected chi connectivity index (χ4v) is 1.60. The van der Waals surface area contributed by atoms with Crippen LogP contribution in [0.2, 0.25) is 0 Å². The molecule has 0 aliphatic heterocycles. The zero-order valence-electron chi connectivity index (χ0n) is 9.18. The second kappa shape index (κ2) is 5.85. The Labute approximate surface area is 90.3 Å². The summed E-state index contributed by atoms with van der Waals surface area (Å²) < 4.78 is 5.35. The van der Waals surface area contributed by atoms with Gasteiger partial charge in [-0.3, -0.25) is 0 Å². The summed E-state index contributed by atoms with van der Waals surface area (Å²) in [7, 11) is 0. The van der Waals surface area contributed by atoms with E-state index in [4.69, 9.17) is 9.84 Å². The van der Waals surface area contributed by atoms with E-state index in [0.717, 1.165) is 11.1 Å². The number of hydrogen-bond acceptors (Lipinski definition) is 3. The van der Waals surface area contributed by atoms with Gasteiger partial charge in [0.15, 0.2) is 6.29 Å². The van der Waals surface area contributed by atoms with E-state index in [2.05, 4.69) is 0 Å². The first-order chi connectivity index (χ1) is 7.15. The molecule has 0 aromatic heterocycles. The zero-order valence-corrected chi connectivity index (χ0v) is 9.18. The highest BCUT2D eigenvalue weighted by atomic mass is 16.6. The Bertz CT molecular complexity index is 297. The van der Waals surface area contributed by atoms with Crippen molar-refractivity contribution in [1.29, 1.82) is 0 Å². The van der Waals surface area contributed by atoms with Crippen molar-refractivity contribution in [3.8, 4) is 0 Å². The van der Waals surface area contributed by atoms with Crippen LogP contribution in [0, 0.1) is 6.92 Å². The third-order valence-electron chi connectivity index (χ3n) is 2.29. The van der Waals surface area contributed by atoms with Crippen LogP contribution >= 0.6 is 0 Å². The first kappa shape index (κ1) is 12.2. The van der Waals surface area contributed by atoms with E-state index >= 15 is 0 Å². The maximum absolute atomic E-state index is 9.20. The highest BCUT2D eigenvalue weighted by molar-refractivity contribution is 5.27. The van der Waals surface area contributed by atoms with Gasteiger partial charge in [-0.05, 0) is 25.0 Å². The summed E-state index contributed by atoms with van der Waals surface area (Å²) >= 11 is 0. The Hall–Kier alpha value is -0.900. The van der Waals surface area contributed by atoms with E-state index in [1.807, 2.05) is 31.2 Å². The molecule has 0 saturated heterocycles. The van der Waals surface area contributed by atoms with Gasteiger partial charge in [-0.2, -0.15) is 0 Å². The molecule has 3 nitrogen and oxygen atoms in total. The van der Waals surface area contributed by atoms with Crippen LogP contribution in [0.3, 0.4) is 0 Å². The smallest absolute Gasteiger partial charge is 0.152 e. The van der Waals surface area contributed by atoms with Gasteiger partial charge < -0.3 is 14.9 Å². The summed E-state index contributed by atoms with van der Waals surface area (Å²) in [5.41, 5.74) is 2.13. The third kappa shape index (κ3) is 3.63. The molecule has 0 bridgehead atoms. The van der Waals surface area contributed by atoms with Crippen molar-refractivity contribution >= 4 is 0 Å². The van der Waals surface area contributed by atoms with Gasteiger partial charge in [0, 0.05) is 13.0 Å². The molecule has 0 amide bonds. The molecule has 0 aliphatic rings. The molecule has 0 fully saturated rings. The minimum absolute atomic E-state index is 0.0473. The molecule has 0 radical (unpaired) electrons. The number of ether oxygens (including phenoxy) is 1. The van der Waals surface area contributed by atoms with E-state index < -0.39 is 6.29 Å². The number of hydrogen-bond donors (Lipinski definition) is 2. The Kier molecular flexibility index (Phi) is 4.75. The van der Waals surface area contributed by atoms with Crippen molar-refractivity contribution in [2.24, 2.45) is 0 Å². The highest BCUT2D eigenvalue weighted by Gasteiger charge is 2.15. The van der Waals surface area contributed by atoms with Gasteiger partial charge in [-0.25, -0.2) is 0 Å². The molecule has 1 aromatic rings. The summed E-state index contributed by atoms with van der Waals surface area (Å²) in [6.45, 7) is 3.61. The Morgan fingerprint density at radius 2 is 2.00 bits per heavy atom. The van der Waals surface area contributed by atoms with Gasteiger partial charge in [0.1, 0.15) is 0 Å². The van der Waals surface area contributed by atoms with Gasteiger partial charge in [0.05, 0.1) is 6.10 Å². The van der Waals surface area contributed by atoms with Crippen LogP contribution in [0.15, 0.2) is 24.3 Å². The van der Waals surface area contributed by atoms with Crippen LogP contribution in [-0.2, 0) is 4.74 Å². The quantitative estimate of drug-likeness (QED) is 0.728. The first-order valence-corrected chi connectivity index (χ1v) is 5.15. The Balaban J connectivity index is 2.83. The van der Waals surface area contributed by atoms with E-state index in [1.165, 1.54) is 0 Å². The molecule has 0 aliphatic carbocycles. The van der Waals surface area contributed by atoms with Gasteiger partial charge in [-0.15, -0.1) is 0 Å². The van der Waals surface area contributed by atoms with Crippen LogP contribution in [0.4, 0.5) is 0 Å². The van der Waals surface area contributed by atoms with Crippen LogP contribution in [-0.4, -0.2) is 23.1 Å². The summed E-state index contributed by atoms with van der Waals surface area (Å²) in [6.07, 6.45) is -0.562. The fourth-order valence-electron chi connectivity index (χ4n) is 1.60. The number of aliphatic hydroxyl groups is 2. The minimum atomic E-state index is -0.818. The van der Waals surface area contributed by atoms with E-state index in [9.17, 15) is 5.11 Å². The van der Waals surface area contributed by atoms with E-state index in [1.54, 1.807) is 6.92 Å². The van der Waals surface area contributed by atoms with Crippen LogP contribution < -0.4 is 0 Å². The molecule has 15 heavy (non-hydrogen) atoms. The average molecular weight is 210 g/mol. The molecule has 2 unspecified atom stereocenters. The molecule has 3 heteroatoms. The van der Waals surface area contributed by atoms with E-state index in [0.29, 0.717) is 6.42 Å². The lowest BCUT2D eigenvalue weighted by Gasteiger charge is -2.20. The predicted octanol–water partition coefficient (Wildman–Crippen LogP) is 1.77. The summed E-state index contributed by atoms with van der Waals surface area (Å²) in [4.78, 5) is 0. The van der Waals surface area contributed by atoms with Gasteiger partial charge >= 0.3 is 0 Å². The molecular weight excluding hydrogens is 192 g/mol. The third-order valence-corrected chi connectivity index (χ3v) is 2.29. The second-order valence-electron chi connectivity index (χ2n) is 3.59. The molecule has 2 atom stereocenters. The molecular formula is C12H18O3. The maximum atomic E-state index is 9.20. The molecule has 2 N–H and O–H groups in total. The largest absolute Gasteiger partial charge is 0.396 e. The van der Waals surface area contributed by atoms with Gasteiger partial charge in [-0.1, -0.05) is 24.3 Å². The topological polar surface area (TPSA) is 49.7 Å². The molecule has 0 saturated carbocycles. The van der Waals surface area contributed by atoms with Crippen molar-refractivity contribution in [2.45, 2.75) is 32.7 Å². The molecule has 0 heterocycles. The Morgan fingerprint density at radius 1 is 1.33 bits per heavy atom. The standard InChI is InChI=1S/C12H18O3/c1-9-5-3-4-6-11(9)12(7-8-13)15-10(2)14/h3-6,10,12-14H,7-8H2,1-2H3. The monoisotopic (exact) mass is 210 g/mol. The summed E-state index contributed by atoms with van der Waals surface area (Å²) in [5, 5.41) is 18.1. The lowest BCUT2D eigenvalue weighted by molar-refractivity contribution is -0.130. The second-order valence-corrected chi connectivity index (χ2v) is 3.59. The number of rotatable bonds is 5. The van der Waals surface area contributed by atoms with Crippen molar-refractivity contribution < 1.29 is 14.9 Å². The van der Waals surface area contributed by atoms with Crippen molar-refractivity contribution in [3.05, 3.63) is 35.4 Å². The van der Waals surface area contributed by atoms with Crippen LogP contribution in [0.25, 0.3) is 0 Å². The maximum Gasteiger partial charge on any atom is 0.152 e. The van der Waals surface area contributed by atoms with Crippen molar-refractivity contribution in [2.75, 3.05) is 6.61 Å². The lowest BCUT2D eigenvalue weighted by atomic mass is 10.0. The zero-order chi connectivity index (χ0) is 11.3. The highest BCUT2D eigenvalue weighted by Crippen LogP contribution is 2.24.